The maximum atomic E-state index is 12.2. The molecule has 3 unspecified atom stereocenters. The minimum absolute atomic E-state index is 0.0899. The van der Waals surface area contributed by atoms with Gasteiger partial charge in [0.05, 0.1) is 0 Å². The fraction of sp³-hybridized carbons (Fsp3) is 0.875. The van der Waals surface area contributed by atoms with Crippen LogP contribution in [0.3, 0.4) is 0 Å². The Labute approximate surface area is 132 Å². The third-order valence-electron chi connectivity index (χ3n) is 4.56. The quantitative estimate of drug-likeness (QED) is 0.869. The van der Waals surface area contributed by atoms with Crippen LogP contribution in [0.25, 0.3) is 0 Å². The van der Waals surface area contributed by atoms with Crippen LogP contribution in [0.5, 0.6) is 0 Å². The standard InChI is InChI=1S/C16H28N2O2S/c1-11(19)21-13-5-14(20)18(8-13)10-16(4)7-12(17)6-15(2,3)9-16/h12-13H,5-10,17H2,1-4H3. The van der Waals surface area contributed by atoms with Gasteiger partial charge in [0.25, 0.3) is 0 Å². The fourth-order valence-electron chi connectivity index (χ4n) is 4.50. The summed E-state index contributed by atoms with van der Waals surface area (Å²) in [5.41, 5.74) is 6.56. The molecule has 0 aromatic carbocycles. The van der Waals surface area contributed by atoms with Crippen molar-refractivity contribution in [1.29, 1.82) is 0 Å². The van der Waals surface area contributed by atoms with Crippen molar-refractivity contribution in [2.75, 3.05) is 13.1 Å². The van der Waals surface area contributed by atoms with Gasteiger partial charge >= 0.3 is 0 Å². The third-order valence-corrected chi connectivity index (χ3v) is 5.54. The van der Waals surface area contributed by atoms with E-state index in [-0.39, 0.29) is 33.1 Å². The molecule has 0 aromatic heterocycles. The first-order valence-corrected chi connectivity index (χ1v) is 8.67. The minimum atomic E-state index is 0.0899. The molecule has 1 saturated carbocycles. The van der Waals surface area contributed by atoms with Crippen LogP contribution in [0.15, 0.2) is 0 Å². The largest absolute Gasteiger partial charge is 0.341 e. The predicted molar refractivity (Wildman–Crippen MR) is 87.0 cm³/mol. The van der Waals surface area contributed by atoms with Crippen molar-refractivity contribution in [3.63, 3.8) is 0 Å². The number of nitrogens with two attached hydrogens (primary N) is 1. The second-order valence-corrected chi connectivity index (χ2v) is 9.51. The molecule has 0 bridgehead atoms. The highest BCUT2D eigenvalue weighted by Crippen LogP contribution is 2.46. The van der Waals surface area contributed by atoms with Gasteiger partial charge in [-0.3, -0.25) is 9.59 Å². The van der Waals surface area contributed by atoms with E-state index in [1.54, 1.807) is 6.92 Å². The molecule has 2 N–H and O–H groups in total. The highest BCUT2D eigenvalue weighted by Gasteiger charge is 2.43. The Hall–Kier alpha value is -0.550. The number of carbonyl (C=O) groups is 2. The van der Waals surface area contributed by atoms with Gasteiger partial charge in [0, 0.05) is 37.7 Å². The molecule has 2 rings (SSSR count). The molecule has 0 radical (unpaired) electrons. The normalized spacial score (nSPS) is 36.0. The van der Waals surface area contributed by atoms with E-state index in [0.717, 1.165) is 25.8 Å². The zero-order chi connectivity index (χ0) is 15.8. The lowest BCUT2D eigenvalue weighted by molar-refractivity contribution is -0.129. The van der Waals surface area contributed by atoms with Gasteiger partial charge < -0.3 is 10.6 Å². The molecule has 0 spiro atoms. The van der Waals surface area contributed by atoms with Crippen LogP contribution in [-0.4, -0.2) is 40.3 Å². The summed E-state index contributed by atoms with van der Waals surface area (Å²) in [6.45, 7) is 9.84. The lowest BCUT2D eigenvalue weighted by atomic mass is 9.62. The molecule has 1 aliphatic heterocycles. The zero-order valence-corrected chi connectivity index (χ0v) is 14.5. The van der Waals surface area contributed by atoms with Gasteiger partial charge in [0.1, 0.15) is 0 Å². The van der Waals surface area contributed by atoms with Gasteiger partial charge in [-0.25, -0.2) is 0 Å². The molecule has 5 heteroatoms. The van der Waals surface area contributed by atoms with Crippen LogP contribution < -0.4 is 5.73 Å². The number of hydrogen-bond acceptors (Lipinski definition) is 4. The second kappa shape index (κ2) is 5.92. The van der Waals surface area contributed by atoms with E-state index in [0.29, 0.717) is 13.0 Å². The van der Waals surface area contributed by atoms with Crippen LogP contribution in [0.1, 0.15) is 53.4 Å². The average molecular weight is 312 g/mol. The Morgan fingerprint density at radius 2 is 2.05 bits per heavy atom. The van der Waals surface area contributed by atoms with Gasteiger partial charge in [0.2, 0.25) is 5.91 Å². The van der Waals surface area contributed by atoms with Crippen LogP contribution >= 0.6 is 11.8 Å². The molecule has 2 fully saturated rings. The van der Waals surface area contributed by atoms with Crippen molar-refractivity contribution >= 4 is 22.8 Å². The number of rotatable bonds is 3. The first kappa shape index (κ1) is 16.8. The first-order valence-electron chi connectivity index (χ1n) is 7.79. The maximum Gasteiger partial charge on any atom is 0.223 e. The number of thioether (sulfide) groups is 1. The molecular weight excluding hydrogens is 284 g/mol. The van der Waals surface area contributed by atoms with Gasteiger partial charge in [-0.15, -0.1) is 0 Å². The summed E-state index contributed by atoms with van der Waals surface area (Å²) in [5, 5.41) is 0.227. The van der Waals surface area contributed by atoms with Crippen molar-refractivity contribution in [3.05, 3.63) is 0 Å². The molecule has 120 valence electrons. The Kier molecular flexibility index (Phi) is 4.74. The summed E-state index contributed by atoms with van der Waals surface area (Å²) < 4.78 is 0. The number of amides is 1. The van der Waals surface area contributed by atoms with Crippen molar-refractivity contribution in [2.45, 2.75) is 64.7 Å². The molecule has 1 amide bonds. The van der Waals surface area contributed by atoms with Crippen molar-refractivity contribution < 1.29 is 9.59 Å². The van der Waals surface area contributed by atoms with E-state index in [2.05, 4.69) is 20.8 Å². The Morgan fingerprint density at radius 3 is 2.62 bits per heavy atom. The molecular formula is C16H28N2O2S. The van der Waals surface area contributed by atoms with E-state index in [1.165, 1.54) is 11.8 Å². The van der Waals surface area contributed by atoms with Gasteiger partial charge in [-0.05, 0) is 30.1 Å². The van der Waals surface area contributed by atoms with Crippen LogP contribution in [0.2, 0.25) is 0 Å². The van der Waals surface area contributed by atoms with Crippen molar-refractivity contribution in [3.8, 4) is 0 Å². The smallest absolute Gasteiger partial charge is 0.223 e. The molecule has 21 heavy (non-hydrogen) atoms. The van der Waals surface area contributed by atoms with Crippen LogP contribution in [-0.2, 0) is 9.59 Å². The molecule has 2 aliphatic rings. The van der Waals surface area contributed by atoms with Gasteiger partial charge in [0.15, 0.2) is 5.12 Å². The molecule has 1 saturated heterocycles. The van der Waals surface area contributed by atoms with Gasteiger partial charge in [-0.2, -0.15) is 0 Å². The number of nitrogens with zero attached hydrogens (tertiary/aromatic N) is 1. The summed E-state index contributed by atoms with van der Waals surface area (Å²) in [4.78, 5) is 25.4. The molecule has 3 atom stereocenters. The highest BCUT2D eigenvalue weighted by atomic mass is 32.2. The summed E-state index contributed by atoms with van der Waals surface area (Å²) in [6.07, 6.45) is 3.63. The lowest BCUT2D eigenvalue weighted by Gasteiger charge is -2.47. The fourth-order valence-corrected chi connectivity index (χ4v) is 5.45. The monoisotopic (exact) mass is 312 g/mol. The molecule has 0 aromatic rings. The zero-order valence-electron chi connectivity index (χ0n) is 13.6. The minimum Gasteiger partial charge on any atom is -0.341 e. The topological polar surface area (TPSA) is 63.4 Å². The van der Waals surface area contributed by atoms with Gasteiger partial charge in [-0.1, -0.05) is 32.5 Å². The average Bonchev–Trinajstić information content (AvgIpc) is 2.52. The van der Waals surface area contributed by atoms with E-state index in [1.807, 2.05) is 4.90 Å². The summed E-state index contributed by atoms with van der Waals surface area (Å²) in [5.74, 6) is 0.187. The van der Waals surface area contributed by atoms with E-state index in [9.17, 15) is 9.59 Å². The molecule has 4 nitrogen and oxygen atoms in total. The summed E-state index contributed by atoms with van der Waals surface area (Å²) in [7, 11) is 0. The molecule has 1 aliphatic carbocycles. The SMILES string of the molecule is CC(=O)SC1CC(=O)N(CC2(C)CC(N)CC(C)(C)C2)C1. The first-order chi connectivity index (χ1) is 9.58. The number of carbonyl (C=O) groups excluding carboxylic acids is 2. The van der Waals surface area contributed by atoms with E-state index < -0.39 is 0 Å². The van der Waals surface area contributed by atoms with Crippen molar-refractivity contribution in [1.82, 2.24) is 4.90 Å². The number of hydrogen-bond donors (Lipinski definition) is 1. The maximum absolute atomic E-state index is 12.2. The lowest BCUT2D eigenvalue weighted by Crippen LogP contribution is -2.48. The van der Waals surface area contributed by atoms with Crippen LogP contribution in [0, 0.1) is 10.8 Å². The second-order valence-electron chi connectivity index (χ2n) is 8.03. The Balaban J connectivity index is 2.00. The van der Waals surface area contributed by atoms with E-state index in [4.69, 9.17) is 5.73 Å². The Bertz CT molecular complexity index is 438. The predicted octanol–water partition coefficient (Wildman–Crippen LogP) is 2.41. The van der Waals surface area contributed by atoms with E-state index >= 15 is 0 Å². The summed E-state index contributed by atoms with van der Waals surface area (Å²) in [6, 6.07) is 0.221. The Morgan fingerprint density at radius 1 is 1.38 bits per heavy atom. The summed E-state index contributed by atoms with van der Waals surface area (Å²) >= 11 is 1.30. The van der Waals surface area contributed by atoms with Crippen molar-refractivity contribution in [2.24, 2.45) is 16.6 Å². The third kappa shape index (κ3) is 4.46. The van der Waals surface area contributed by atoms with Crippen LogP contribution in [0.4, 0.5) is 0 Å². The number of likely N-dealkylation sites (tertiary alicyclic amines) is 1. The molecule has 1 heterocycles. The highest BCUT2D eigenvalue weighted by molar-refractivity contribution is 8.14.